The summed E-state index contributed by atoms with van der Waals surface area (Å²) in [5.41, 5.74) is 0.752. The lowest BCUT2D eigenvalue weighted by molar-refractivity contribution is -0.263. The Morgan fingerprint density at radius 2 is 1.89 bits per heavy atom. The van der Waals surface area contributed by atoms with E-state index in [9.17, 15) is 27.8 Å². The monoisotopic (exact) mass is 386 g/mol. The quantitative estimate of drug-likeness (QED) is 0.702. The SMILES string of the molecule is C[C@]1(CO)COc2c1cc(C(O)(CN)C(F)(F)F)nc2-c1ccc(F)cc1. The van der Waals surface area contributed by atoms with Crippen molar-refractivity contribution in [3.8, 4) is 17.0 Å². The zero-order valence-electron chi connectivity index (χ0n) is 14.3. The van der Waals surface area contributed by atoms with Gasteiger partial charge in [-0.3, -0.25) is 0 Å². The summed E-state index contributed by atoms with van der Waals surface area (Å²) in [5, 5.41) is 20.0. The Hall–Kier alpha value is -2.23. The van der Waals surface area contributed by atoms with Crippen LogP contribution in [0.5, 0.6) is 5.75 Å². The molecule has 0 radical (unpaired) electrons. The number of aliphatic hydroxyl groups is 2. The highest BCUT2D eigenvalue weighted by Crippen LogP contribution is 2.47. The third kappa shape index (κ3) is 3.05. The molecule has 0 saturated heterocycles. The highest BCUT2D eigenvalue weighted by molar-refractivity contribution is 5.71. The smallest absolute Gasteiger partial charge is 0.424 e. The van der Waals surface area contributed by atoms with Crippen molar-refractivity contribution in [3.63, 3.8) is 0 Å². The fraction of sp³-hybridized carbons (Fsp3) is 0.389. The fourth-order valence-corrected chi connectivity index (χ4v) is 2.95. The van der Waals surface area contributed by atoms with E-state index in [4.69, 9.17) is 10.5 Å². The molecule has 2 aromatic rings. The predicted octanol–water partition coefficient (Wildman–Crippen LogP) is 2.24. The van der Waals surface area contributed by atoms with Crippen LogP contribution in [0.25, 0.3) is 11.3 Å². The molecule has 3 rings (SSSR count). The van der Waals surface area contributed by atoms with E-state index >= 15 is 0 Å². The summed E-state index contributed by atoms with van der Waals surface area (Å²) < 4.78 is 59.4. The molecule has 0 spiro atoms. The van der Waals surface area contributed by atoms with Crippen molar-refractivity contribution in [2.24, 2.45) is 5.73 Å². The molecule has 9 heteroatoms. The molecule has 4 N–H and O–H groups in total. The molecule has 1 aliphatic heterocycles. The van der Waals surface area contributed by atoms with Crippen LogP contribution in [-0.4, -0.2) is 41.1 Å². The van der Waals surface area contributed by atoms with Crippen LogP contribution < -0.4 is 10.5 Å². The number of aliphatic hydroxyl groups excluding tert-OH is 1. The lowest BCUT2D eigenvalue weighted by Crippen LogP contribution is -2.49. The molecule has 1 aromatic heterocycles. The first-order valence-corrected chi connectivity index (χ1v) is 8.10. The van der Waals surface area contributed by atoms with Gasteiger partial charge in [-0.05, 0) is 37.3 Å². The molecular weight excluding hydrogens is 368 g/mol. The molecule has 0 aliphatic carbocycles. The third-order valence-electron chi connectivity index (χ3n) is 4.81. The summed E-state index contributed by atoms with van der Waals surface area (Å²) in [5.74, 6) is -0.343. The van der Waals surface area contributed by atoms with E-state index in [0.29, 0.717) is 5.56 Å². The van der Waals surface area contributed by atoms with Crippen LogP contribution in [0.2, 0.25) is 0 Å². The maximum absolute atomic E-state index is 13.5. The zero-order chi connectivity index (χ0) is 20.0. The summed E-state index contributed by atoms with van der Waals surface area (Å²) in [6.07, 6.45) is -5.07. The van der Waals surface area contributed by atoms with Crippen molar-refractivity contribution in [2.75, 3.05) is 19.8 Å². The number of pyridine rings is 1. The number of nitrogens with zero attached hydrogens (tertiary/aromatic N) is 1. The molecule has 146 valence electrons. The number of rotatable bonds is 4. The van der Waals surface area contributed by atoms with Crippen LogP contribution in [0.15, 0.2) is 30.3 Å². The normalized spacial score (nSPS) is 21.5. The van der Waals surface area contributed by atoms with Crippen molar-refractivity contribution >= 4 is 0 Å². The van der Waals surface area contributed by atoms with Gasteiger partial charge in [-0.2, -0.15) is 13.2 Å². The number of hydrogen-bond donors (Lipinski definition) is 3. The van der Waals surface area contributed by atoms with Gasteiger partial charge in [0.05, 0.1) is 17.7 Å². The molecule has 27 heavy (non-hydrogen) atoms. The van der Waals surface area contributed by atoms with Gasteiger partial charge in [-0.25, -0.2) is 9.37 Å². The second-order valence-electron chi connectivity index (χ2n) is 6.81. The second-order valence-corrected chi connectivity index (χ2v) is 6.81. The Labute approximate surface area is 152 Å². The van der Waals surface area contributed by atoms with E-state index in [2.05, 4.69) is 4.98 Å². The van der Waals surface area contributed by atoms with Gasteiger partial charge >= 0.3 is 6.18 Å². The van der Waals surface area contributed by atoms with Gasteiger partial charge in [0.15, 0.2) is 0 Å². The van der Waals surface area contributed by atoms with Crippen molar-refractivity contribution in [2.45, 2.75) is 24.1 Å². The number of ether oxygens (including phenoxy) is 1. The molecule has 1 aliphatic rings. The average molecular weight is 386 g/mol. The lowest BCUT2D eigenvalue weighted by atomic mass is 9.83. The maximum atomic E-state index is 13.5. The van der Waals surface area contributed by atoms with Gasteiger partial charge in [-0.1, -0.05) is 0 Å². The van der Waals surface area contributed by atoms with Gasteiger partial charge in [0, 0.05) is 17.7 Å². The molecule has 0 saturated carbocycles. The van der Waals surface area contributed by atoms with Gasteiger partial charge in [0.2, 0.25) is 5.60 Å². The fourth-order valence-electron chi connectivity index (χ4n) is 2.95. The summed E-state index contributed by atoms with van der Waals surface area (Å²) in [6, 6.07) is 6.01. The summed E-state index contributed by atoms with van der Waals surface area (Å²) in [6.45, 7) is 0.110. The van der Waals surface area contributed by atoms with E-state index < -0.39 is 35.2 Å². The highest BCUT2D eigenvalue weighted by Gasteiger charge is 2.56. The summed E-state index contributed by atoms with van der Waals surface area (Å²) in [4.78, 5) is 3.97. The van der Waals surface area contributed by atoms with Gasteiger partial charge in [0.1, 0.15) is 23.9 Å². The van der Waals surface area contributed by atoms with Crippen LogP contribution in [0.1, 0.15) is 18.2 Å². The Morgan fingerprint density at radius 3 is 2.41 bits per heavy atom. The third-order valence-corrected chi connectivity index (χ3v) is 4.81. The molecule has 2 heterocycles. The molecular formula is C18H18F4N2O3. The van der Waals surface area contributed by atoms with Crippen LogP contribution >= 0.6 is 0 Å². The Balaban J connectivity index is 2.30. The number of hydrogen-bond acceptors (Lipinski definition) is 5. The summed E-state index contributed by atoms with van der Waals surface area (Å²) >= 11 is 0. The van der Waals surface area contributed by atoms with Gasteiger partial charge in [0.25, 0.3) is 0 Å². The maximum Gasteiger partial charge on any atom is 0.424 e. The number of aromatic nitrogens is 1. The van der Waals surface area contributed by atoms with Crippen LogP contribution in [0.3, 0.4) is 0 Å². The molecule has 1 unspecified atom stereocenters. The molecule has 2 atom stereocenters. The van der Waals surface area contributed by atoms with Crippen molar-refractivity contribution in [1.82, 2.24) is 4.98 Å². The summed E-state index contributed by atoms with van der Waals surface area (Å²) in [7, 11) is 0. The average Bonchev–Trinajstić information content (AvgIpc) is 2.98. The molecule has 5 nitrogen and oxygen atoms in total. The topological polar surface area (TPSA) is 88.6 Å². The van der Waals surface area contributed by atoms with E-state index in [-0.39, 0.29) is 30.2 Å². The number of halogens is 4. The Morgan fingerprint density at radius 1 is 1.26 bits per heavy atom. The predicted molar refractivity (Wildman–Crippen MR) is 88.6 cm³/mol. The minimum Gasteiger partial charge on any atom is -0.490 e. The first-order chi connectivity index (χ1) is 12.6. The van der Waals surface area contributed by atoms with E-state index in [1.54, 1.807) is 6.92 Å². The zero-order valence-corrected chi connectivity index (χ0v) is 14.3. The molecule has 1 aromatic carbocycles. The number of nitrogens with two attached hydrogens (primary N) is 1. The lowest BCUT2D eigenvalue weighted by Gasteiger charge is -2.30. The van der Waals surface area contributed by atoms with Crippen LogP contribution in [0, 0.1) is 5.82 Å². The van der Waals surface area contributed by atoms with Crippen molar-refractivity contribution < 1.29 is 32.5 Å². The molecule has 0 amide bonds. The van der Waals surface area contributed by atoms with Crippen LogP contribution in [0.4, 0.5) is 17.6 Å². The van der Waals surface area contributed by atoms with Crippen molar-refractivity contribution in [3.05, 3.63) is 47.4 Å². The van der Waals surface area contributed by atoms with Crippen molar-refractivity contribution in [1.29, 1.82) is 0 Å². The van der Waals surface area contributed by atoms with Gasteiger partial charge in [-0.15, -0.1) is 0 Å². The number of benzene rings is 1. The first kappa shape index (κ1) is 19.5. The van der Waals surface area contributed by atoms with E-state index in [0.717, 1.165) is 18.2 Å². The largest absolute Gasteiger partial charge is 0.490 e. The van der Waals surface area contributed by atoms with E-state index in [1.807, 2.05) is 0 Å². The minimum atomic E-state index is -5.07. The molecule has 0 bridgehead atoms. The van der Waals surface area contributed by atoms with Gasteiger partial charge < -0.3 is 20.7 Å². The number of alkyl halides is 3. The van der Waals surface area contributed by atoms with E-state index in [1.165, 1.54) is 12.1 Å². The highest BCUT2D eigenvalue weighted by atomic mass is 19.4. The first-order valence-electron chi connectivity index (χ1n) is 8.10. The Bertz CT molecular complexity index is 857. The van der Waals surface area contributed by atoms with Crippen LogP contribution in [-0.2, 0) is 11.0 Å². The molecule has 0 fully saturated rings. The minimum absolute atomic E-state index is 0.0100. The number of fused-ring (bicyclic) bond motifs is 1. The standard InChI is InChI=1S/C18H18F4N2O3/c1-16(8-25)9-27-15-12(16)6-13(17(26,7-23)18(20,21)22)24-14(15)10-2-4-11(19)5-3-10/h2-6,25-26H,7-9,23H2,1H3/t16-,17?/m0/s1. The second kappa shape index (κ2) is 6.43. The Kier molecular flexibility index (Phi) is 4.65.